The van der Waals surface area contributed by atoms with E-state index in [1.165, 1.54) is 0 Å². The fourth-order valence-corrected chi connectivity index (χ4v) is 3.62. The molecule has 0 radical (unpaired) electrons. The zero-order chi connectivity index (χ0) is 22.2. The van der Waals surface area contributed by atoms with Gasteiger partial charge in [-0.25, -0.2) is 0 Å². The summed E-state index contributed by atoms with van der Waals surface area (Å²) < 4.78 is 10.3. The number of ether oxygens (including phenoxy) is 2. The molecule has 7 nitrogen and oxygen atoms in total. The van der Waals surface area contributed by atoms with Gasteiger partial charge in [-0.2, -0.15) is 0 Å². The van der Waals surface area contributed by atoms with Crippen LogP contribution in [0.3, 0.4) is 0 Å². The summed E-state index contributed by atoms with van der Waals surface area (Å²) >= 11 is 0. The van der Waals surface area contributed by atoms with E-state index >= 15 is 0 Å². The molecule has 2 amide bonds. The molecule has 0 unspecified atom stereocenters. The first-order valence-electron chi connectivity index (χ1n) is 10.4. The summed E-state index contributed by atoms with van der Waals surface area (Å²) in [5.74, 6) is -0.725. The summed E-state index contributed by atoms with van der Waals surface area (Å²) in [7, 11) is 1.61. The zero-order valence-electron chi connectivity index (χ0n) is 17.9. The van der Waals surface area contributed by atoms with Crippen molar-refractivity contribution in [3.63, 3.8) is 0 Å². The average Bonchev–Trinajstić information content (AvgIpc) is 3.19. The van der Waals surface area contributed by atoms with Gasteiger partial charge in [0.25, 0.3) is 5.91 Å². The predicted molar refractivity (Wildman–Crippen MR) is 115 cm³/mol. The highest BCUT2D eigenvalue weighted by molar-refractivity contribution is 5.88. The topological polar surface area (TPSA) is 84.9 Å². The number of amides is 2. The standard InChI is InChI=1S/C24H28N2O5/c1-17(19-6-4-3-5-7-19)26-15-20(14-23(26)28)24(29)31-16-22(27)25-13-12-18-8-10-21(30-2)11-9-18/h3-11,17,20H,12-16H2,1-2H3,(H,25,27)/t17-,20+/m0/s1. The molecule has 1 aliphatic heterocycles. The number of carbonyl (C=O) groups is 3. The number of carbonyl (C=O) groups excluding carboxylic acids is 3. The summed E-state index contributed by atoms with van der Waals surface area (Å²) in [6.45, 7) is 2.33. The first-order valence-corrected chi connectivity index (χ1v) is 10.4. The first-order chi connectivity index (χ1) is 15.0. The molecule has 0 aromatic heterocycles. The highest BCUT2D eigenvalue weighted by Crippen LogP contribution is 2.28. The van der Waals surface area contributed by atoms with E-state index in [1.54, 1.807) is 12.0 Å². The maximum atomic E-state index is 12.4. The summed E-state index contributed by atoms with van der Waals surface area (Å²) in [6.07, 6.45) is 0.766. The van der Waals surface area contributed by atoms with Gasteiger partial charge in [0.15, 0.2) is 6.61 Å². The Morgan fingerprint density at radius 2 is 1.84 bits per heavy atom. The second kappa shape index (κ2) is 10.6. The van der Waals surface area contributed by atoms with Crippen LogP contribution in [0.5, 0.6) is 5.75 Å². The number of hydrogen-bond donors (Lipinski definition) is 1. The maximum Gasteiger partial charge on any atom is 0.311 e. The Bertz CT molecular complexity index is 898. The quantitative estimate of drug-likeness (QED) is 0.626. The SMILES string of the molecule is COc1ccc(CCNC(=O)COC(=O)[C@@H]2CC(=O)N([C@@H](C)c3ccccc3)C2)cc1. The Hall–Kier alpha value is -3.35. The van der Waals surface area contributed by atoms with Crippen LogP contribution >= 0.6 is 0 Å². The molecule has 164 valence electrons. The summed E-state index contributed by atoms with van der Waals surface area (Å²) in [4.78, 5) is 38.4. The fourth-order valence-electron chi connectivity index (χ4n) is 3.62. The van der Waals surface area contributed by atoms with E-state index in [1.807, 2.05) is 61.5 Å². The third kappa shape index (κ3) is 6.07. The largest absolute Gasteiger partial charge is 0.497 e. The molecule has 1 saturated heterocycles. The zero-order valence-corrected chi connectivity index (χ0v) is 17.9. The lowest BCUT2D eigenvalue weighted by Crippen LogP contribution is -2.32. The number of nitrogens with one attached hydrogen (secondary N) is 1. The highest BCUT2D eigenvalue weighted by atomic mass is 16.5. The lowest BCUT2D eigenvalue weighted by molar-refractivity contribution is -0.152. The lowest BCUT2D eigenvalue weighted by Gasteiger charge is -2.25. The van der Waals surface area contributed by atoms with Crippen LogP contribution in [0.4, 0.5) is 0 Å². The third-order valence-corrected chi connectivity index (χ3v) is 5.48. The van der Waals surface area contributed by atoms with Gasteiger partial charge < -0.3 is 19.7 Å². The van der Waals surface area contributed by atoms with Gasteiger partial charge in [0.1, 0.15) is 5.75 Å². The van der Waals surface area contributed by atoms with Crippen molar-refractivity contribution in [2.24, 2.45) is 5.92 Å². The molecule has 2 aromatic rings. The van der Waals surface area contributed by atoms with Crippen molar-refractivity contribution in [1.29, 1.82) is 0 Å². The van der Waals surface area contributed by atoms with Gasteiger partial charge in [-0.05, 0) is 36.6 Å². The van der Waals surface area contributed by atoms with Gasteiger partial charge in [0.2, 0.25) is 5.91 Å². The van der Waals surface area contributed by atoms with Crippen LogP contribution in [0.2, 0.25) is 0 Å². The van der Waals surface area contributed by atoms with Crippen molar-refractivity contribution in [2.75, 3.05) is 26.8 Å². The number of likely N-dealkylation sites (tertiary alicyclic amines) is 1. The van der Waals surface area contributed by atoms with Gasteiger partial charge in [-0.15, -0.1) is 0 Å². The van der Waals surface area contributed by atoms with Crippen molar-refractivity contribution in [3.05, 3.63) is 65.7 Å². The Morgan fingerprint density at radius 3 is 2.52 bits per heavy atom. The molecule has 2 atom stereocenters. The summed E-state index contributed by atoms with van der Waals surface area (Å²) in [5, 5.41) is 2.74. The minimum Gasteiger partial charge on any atom is -0.497 e. The van der Waals surface area contributed by atoms with E-state index in [2.05, 4.69) is 5.32 Å². The molecule has 0 bridgehead atoms. The Kier molecular flexibility index (Phi) is 7.65. The molecule has 7 heteroatoms. The van der Waals surface area contributed by atoms with Crippen LogP contribution in [0.1, 0.15) is 30.5 Å². The van der Waals surface area contributed by atoms with E-state index in [-0.39, 0.29) is 30.9 Å². The van der Waals surface area contributed by atoms with Crippen molar-refractivity contribution in [3.8, 4) is 5.75 Å². The number of benzene rings is 2. The molecular weight excluding hydrogens is 396 g/mol. The predicted octanol–water partition coefficient (Wildman–Crippen LogP) is 2.51. The molecule has 2 aromatic carbocycles. The second-order valence-corrected chi connectivity index (χ2v) is 7.59. The summed E-state index contributed by atoms with van der Waals surface area (Å²) in [5.41, 5.74) is 2.08. The number of nitrogens with zero attached hydrogens (tertiary/aromatic N) is 1. The fraction of sp³-hybridized carbons (Fsp3) is 0.375. The number of esters is 1. The minimum atomic E-state index is -0.550. The Balaban J connectivity index is 1.39. The van der Waals surface area contributed by atoms with E-state index in [9.17, 15) is 14.4 Å². The molecule has 31 heavy (non-hydrogen) atoms. The van der Waals surface area contributed by atoms with Gasteiger partial charge in [-0.1, -0.05) is 42.5 Å². The smallest absolute Gasteiger partial charge is 0.311 e. The van der Waals surface area contributed by atoms with E-state index in [4.69, 9.17) is 9.47 Å². The average molecular weight is 424 g/mol. The van der Waals surface area contributed by atoms with Gasteiger partial charge in [0.05, 0.1) is 19.1 Å². The van der Waals surface area contributed by atoms with Crippen molar-refractivity contribution >= 4 is 17.8 Å². The van der Waals surface area contributed by atoms with E-state index in [0.29, 0.717) is 19.5 Å². The molecule has 0 spiro atoms. The van der Waals surface area contributed by atoms with Crippen LogP contribution in [0.25, 0.3) is 0 Å². The minimum absolute atomic E-state index is 0.0813. The first kappa shape index (κ1) is 22.3. The van der Waals surface area contributed by atoms with Gasteiger partial charge in [0, 0.05) is 19.5 Å². The van der Waals surface area contributed by atoms with Crippen LogP contribution in [0.15, 0.2) is 54.6 Å². The highest BCUT2D eigenvalue weighted by Gasteiger charge is 2.38. The summed E-state index contributed by atoms with van der Waals surface area (Å²) in [6, 6.07) is 17.2. The molecule has 1 heterocycles. The van der Waals surface area contributed by atoms with Crippen LogP contribution in [0, 0.1) is 5.92 Å². The second-order valence-electron chi connectivity index (χ2n) is 7.59. The molecule has 0 aliphatic carbocycles. The van der Waals surface area contributed by atoms with Gasteiger partial charge >= 0.3 is 5.97 Å². The molecular formula is C24H28N2O5. The van der Waals surface area contributed by atoms with Crippen LogP contribution in [-0.2, 0) is 25.5 Å². The molecule has 3 rings (SSSR count). The third-order valence-electron chi connectivity index (χ3n) is 5.48. The lowest BCUT2D eigenvalue weighted by atomic mass is 10.1. The van der Waals surface area contributed by atoms with Gasteiger partial charge in [-0.3, -0.25) is 14.4 Å². The molecule has 1 N–H and O–H groups in total. The molecule has 0 saturated carbocycles. The number of rotatable bonds is 9. The van der Waals surface area contributed by atoms with Crippen molar-refractivity contribution < 1.29 is 23.9 Å². The Labute approximate surface area is 182 Å². The van der Waals surface area contributed by atoms with Crippen LogP contribution < -0.4 is 10.1 Å². The van der Waals surface area contributed by atoms with Crippen molar-refractivity contribution in [2.45, 2.75) is 25.8 Å². The maximum absolute atomic E-state index is 12.4. The Morgan fingerprint density at radius 1 is 1.13 bits per heavy atom. The van der Waals surface area contributed by atoms with Crippen molar-refractivity contribution in [1.82, 2.24) is 10.2 Å². The molecule has 1 aliphatic rings. The normalized spacial score (nSPS) is 16.6. The molecule has 1 fully saturated rings. The van der Waals surface area contributed by atoms with E-state index in [0.717, 1.165) is 16.9 Å². The van der Waals surface area contributed by atoms with E-state index < -0.39 is 11.9 Å². The monoisotopic (exact) mass is 424 g/mol. The number of hydrogen-bond acceptors (Lipinski definition) is 5. The number of methoxy groups -OCH3 is 1. The van der Waals surface area contributed by atoms with Crippen LogP contribution in [-0.4, -0.2) is 49.5 Å².